The molecule has 2 N–H and O–H groups in total. The van der Waals surface area contributed by atoms with Crippen molar-refractivity contribution < 1.29 is 14.7 Å². The number of hydrogen-bond donors (Lipinski definition) is 2. The van der Waals surface area contributed by atoms with Gasteiger partial charge >= 0.3 is 5.97 Å². The number of hydrogen-bond acceptors (Lipinski definition) is 2. The van der Waals surface area contributed by atoms with E-state index >= 15 is 0 Å². The predicted octanol–water partition coefficient (Wildman–Crippen LogP) is 2.96. The molecule has 1 amide bonds. The molecule has 1 aromatic rings. The summed E-state index contributed by atoms with van der Waals surface area (Å²) in [6, 6.07) is 6.52. The lowest BCUT2D eigenvalue weighted by Crippen LogP contribution is -2.56. The van der Waals surface area contributed by atoms with Crippen LogP contribution in [0.15, 0.2) is 24.3 Å². The van der Waals surface area contributed by atoms with Crippen LogP contribution in [0.4, 0.5) is 0 Å². The molecule has 0 bridgehead atoms. The molecule has 1 rings (SSSR count). The summed E-state index contributed by atoms with van der Waals surface area (Å²) in [6.07, 6.45) is 0. The quantitative estimate of drug-likeness (QED) is 0.893. The topological polar surface area (TPSA) is 66.4 Å². The fourth-order valence-corrected chi connectivity index (χ4v) is 1.60. The van der Waals surface area contributed by atoms with Crippen LogP contribution in [-0.4, -0.2) is 22.5 Å². The molecule has 0 atom stereocenters. The normalized spacial score (nSPS) is 12.1. The summed E-state index contributed by atoms with van der Waals surface area (Å²) in [7, 11) is 0. The number of benzene rings is 1. The van der Waals surface area contributed by atoms with E-state index < -0.39 is 16.9 Å². The highest BCUT2D eigenvalue weighted by Crippen LogP contribution is 2.31. The number of halogens is 1. The van der Waals surface area contributed by atoms with Gasteiger partial charge in [-0.2, -0.15) is 0 Å². The van der Waals surface area contributed by atoms with Crippen molar-refractivity contribution in [2.45, 2.75) is 33.2 Å². The second kappa shape index (κ2) is 5.21. The Kier molecular flexibility index (Phi) is 4.25. The lowest BCUT2D eigenvalue weighted by molar-refractivity contribution is -0.150. The minimum Gasteiger partial charge on any atom is -0.481 e. The Balaban J connectivity index is 2.96. The first-order chi connectivity index (χ1) is 8.58. The van der Waals surface area contributed by atoms with Gasteiger partial charge in [0, 0.05) is 10.6 Å². The Bertz CT molecular complexity index is 509. The van der Waals surface area contributed by atoms with Crippen LogP contribution >= 0.6 is 11.6 Å². The molecule has 0 aliphatic carbocycles. The van der Waals surface area contributed by atoms with Crippen molar-refractivity contribution in [3.8, 4) is 0 Å². The lowest BCUT2D eigenvalue weighted by Gasteiger charge is -2.38. The average Bonchev–Trinajstić information content (AvgIpc) is 2.27. The number of aliphatic carboxylic acids is 1. The fourth-order valence-electron chi connectivity index (χ4n) is 1.41. The summed E-state index contributed by atoms with van der Waals surface area (Å²) in [5.41, 5.74) is -1.60. The van der Waals surface area contributed by atoms with Crippen molar-refractivity contribution >= 4 is 23.5 Å². The van der Waals surface area contributed by atoms with Crippen molar-refractivity contribution in [1.29, 1.82) is 0 Å². The Morgan fingerprint density at radius 1 is 1.21 bits per heavy atom. The third kappa shape index (κ3) is 3.26. The smallest absolute Gasteiger partial charge is 0.311 e. The van der Waals surface area contributed by atoms with Crippen LogP contribution in [0.1, 0.15) is 38.1 Å². The Hall–Kier alpha value is -1.55. The number of carbonyl (C=O) groups excluding carboxylic acids is 1. The number of rotatable bonds is 4. The summed E-state index contributed by atoms with van der Waals surface area (Å²) < 4.78 is 0. The number of nitrogens with one attached hydrogen (secondary N) is 1. The van der Waals surface area contributed by atoms with Gasteiger partial charge in [-0.1, -0.05) is 17.7 Å². The highest BCUT2D eigenvalue weighted by Gasteiger charge is 2.44. The molecule has 0 radical (unpaired) electrons. The van der Waals surface area contributed by atoms with E-state index in [-0.39, 0.29) is 5.91 Å². The number of amides is 1. The molecular weight excluding hydrogens is 266 g/mol. The van der Waals surface area contributed by atoms with E-state index in [1.165, 1.54) is 0 Å². The largest absolute Gasteiger partial charge is 0.481 e. The summed E-state index contributed by atoms with van der Waals surface area (Å²) in [6.45, 7) is 6.52. The molecule has 104 valence electrons. The average molecular weight is 284 g/mol. The zero-order valence-electron chi connectivity index (χ0n) is 11.5. The molecule has 0 fully saturated rings. The van der Waals surface area contributed by atoms with E-state index in [0.29, 0.717) is 10.6 Å². The maximum atomic E-state index is 12.1. The van der Waals surface area contributed by atoms with Crippen LogP contribution < -0.4 is 5.32 Å². The fraction of sp³-hybridized carbons (Fsp3) is 0.429. The first-order valence-electron chi connectivity index (χ1n) is 5.89. The van der Waals surface area contributed by atoms with Crippen molar-refractivity contribution in [3.05, 3.63) is 34.9 Å². The van der Waals surface area contributed by atoms with Gasteiger partial charge < -0.3 is 10.4 Å². The molecule has 0 saturated heterocycles. The van der Waals surface area contributed by atoms with E-state index in [0.717, 1.165) is 0 Å². The van der Waals surface area contributed by atoms with Gasteiger partial charge in [0.1, 0.15) is 0 Å². The monoisotopic (exact) mass is 283 g/mol. The maximum Gasteiger partial charge on any atom is 0.311 e. The van der Waals surface area contributed by atoms with E-state index in [9.17, 15) is 14.7 Å². The van der Waals surface area contributed by atoms with Gasteiger partial charge in [-0.25, -0.2) is 0 Å². The van der Waals surface area contributed by atoms with Gasteiger partial charge in [0.2, 0.25) is 0 Å². The maximum absolute atomic E-state index is 12.1. The van der Waals surface area contributed by atoms with Crippen molar-refractivity contribution in [3.63, 3.8) is 0 Å². The lowest BCUT2D eigenvalue weighted by atomic mass is 9.74. The van der Waals surface area contributed by atoms with E-state index in [1.807, 2.05) is 0 Å². The molecule has 19 heavy (non-hydrogen) atoms. The molecule has 5 heteroatoms. The van der Waals surface area contributed by atoms with Crippen LogP contribution in [0.3, 0.4) is 0 Å². The molecule has 0 spiro atoms. The Morgan fingerprint density at radius 3 is 2.26 bits per heavy atom. The molecule has 0 aliphatic rings. The molecule has 0 heterocycles. The first kappa shape index (κ1) is 15.5. The van der Waals surface area contributed by atoms with Crippen LogP contribution in [0, 0.1) is 5.41 Å². The highest BCUT2D eigenvalue weighted by molar-refractivity contribution is 6.30. The molecular formula is C14H18ClNO3. The SMILES string of the molecule is CC(C)(NC(=O)c1cccc(Cl)c1)C(C)(C)C(=O)O. The van der Waals surface area contributed by atoms with Gasteiger partial charge in [0.25, 0.3) is 5.91 Å². The van der Waals surface area contributed by atoms with Crippen LogP contribution in [-0.2, 0) is 4.79 Å². The van der Waals surface area contributed by atoms with E-state index in [2.05, 4.69) is 5.32 Å². The number of carbonyl (C=O) groups is 2. The summed E-state index contributed by atoms with van der Waals surface area (Å²) >= 11 is 5.83. The summed E-state index contributed by atoms with van der Waals surface area (Å²) in [5.74, 6) is -1.31. The summed E-state index contributed by atoms with van der Waals surface area (Å²) in [4.78, 5) is 23.4. The van der Waals surface area contributed by atoms with Crippen LogP contribution in [0.2, 0.25) is 5.02 Å². The minimum atomic E-state index is -1.10. The van der Waals surface area contributed by atoms with Gasteiger partial charge in [0.05, 0.1) is 11.0 Å². The van der Waals surface area contributed by atoms with Gasteiger partial charge in [-0.3, -0.25) is 9.59 Å². The van der Waals surface area contributed by atoms with Gasteiger partial charge in [-0.15, -0.1) is 0 Å². The van der Waals surface area contributed by atoms with E-state index in [4.69, 9.17) is 11.6 Å². The van der Waals surface area contributed by atoms with Crippen molar-refractivity contribution in [2.24, 2.45) is 5.41 Å². The summed E-state index contributed by atoms with van der Waals surface area (Å²) in [5, 5.41) is 12.4. The molecule has 1 aromatic carbocycles. The Labute approximate surface area is 117 Å². The highest BCUT2D eigenvalue weighted by atomic mass is 35.5. The first-order valence-corrected chi connectivity index (χ1v) is 6.27. The second-order valence-corrected chi connectivity index (χ2v) is 5.96. The molecule has 4 nitrogen and oxygen atoms in total. The van der Waals surface area contributed by atoms with Gasteiger partial charge in [-0.05, 0) is 45.9 Å². The Morgan fingerprint density at radius 2 is 1.79 bits per heavy atom. The van der Waals surface area contributed by atoms with Crippen LogP contribution in [0.5, 0.6) is 0 Å². The zero-order valence-corrected chi connectivity index (χ0v) is 12.2. The third-order valence-corrected chi connectivity index (χ3v) is 3.85. The van der Waals surface area contributed by atoms with Crippen molar-refractivity contribution in [2.75, 3.05) is 0 Å². The molecule has 0 saturated carbocycles. The predicted molar refractivity (Wildman–Crippen MR) is 74.4 cm³/mol. The number of carboxylic acid groups (broad SMARTS) is 1. The van der Waals surface area contributed by atoms with Gasteiger partial charge in [0.15, 0.2) is 0 Å². The minimum absolute atomic E-state index is 0.346. The third-order valence-electron chi connectivity index (χ3n) is 3.61. The van der Waals surface area contributed by atoms with Crippen LogP contribution in [0.25, 0.3) is 0 Å². The van der Waals surface area contributed by atoms with Crippen molar-refractivity contribution in [1.82, 2.24) is 5.32 Å². The number of carboxylic acids is 1. The second-order valence-electron chi connectivity index (χ2n) is 5.52. The molecule has 0 unspecified atom stereocenters. The molecule has 0 aliphatic heterocycles. The molecule has 0 aromatic heterocycles. The standard InChI is InChI=1S/C14H18ClNO3/c1-13(2,12(18)19)14(3,4)16-11(17)9-6-5-7-10(15)8-9/h5-8H,1-4H3,(H,16,17)(H,18,19). The van der Waals surface area contributed by atoms with E-state index in [1.54, 1.807) is 52.0 Å². The zero-order chi connectivity index (χ0) is 14.8.